The molecule has 1 aromatic rings. The summed E-state index contributed by atoms with van der Waals surface area (Å²) in [6, 6.07) is 6.55. The van der Waals surface area contributed by atoms with Crippen LogP contribution in [-0.2, 0) is 0 Å². The summed E-state index contributed by atoms with van der Waals surface area (Å²) in [6.45, 7) is 2.67. The molecule has 0 radical (unpaired) electrons. The monoisotopic (exact) mass is 319 g/mol. The highest BCUT2D eigenvalue weighted by Crippen LogP contribution is 2.41. The van der Waals surface area contributed by atoms with Crippen LogP contribution < -0.4 is 5.32 Å². The first-order valence-corrected chi connectivity index (χ1v) is 8.48. The van der Waals surface area contributed by atoms with Gasteiger partial charge in [-0.3, -0.25) is 0 Å². The van der Waals surface area contributed by atoms with Crippen molar-refractivity contribution >= 4 is 6.03 Å². The molecule has 1 saturated heterocycles. The Balaban J connectivity index is 1.60. The van der Waals surface area contributed by atoms with Crippen LogP contribution >= 0.6 is 0 Å². The topological polar surface area (TPSA) is 35.6 Å². The fourth-order valence-electron chi connectivity index (χ4n) is 3.48. The Labute approximate surface area is 137 Å². The lowest BCUT2D eigenvalue weighted by Gasteiger charge is -2.24. The van der Waals surface area contributed by atoms with E-state index in [1.165, 1.54) is 12.1 Å². The van der Waals surface area contributed by atoms with Crippen molar-refractivity contribution < 1.29 is 9.18 Å². The zero-order chi connectivity index (χ0) is 16.4. The molecule has 2 amide bonds. The molecule has 1 N–H and O–H groups in total. The van der Waals surface area contributed by atoms with Crippen LogP contribution in [0.5, 0.6) is 0 Å². The first-order valence-electron chi connectivity index (χ1n) is 8.48. The molecular formula is C18H26FN3O. The number of likely N-dealkylation sites (tertiary alicyclic amines) is 1. The van der Waals surface area contributed by atoms with E-state index in [1.807, 2.05) is 4.90 Å². The predicted molar refractivity (Wildman–Crippen MR) is 88.6 cm³/mol. The molecule has 23 heavy (non-hydrogen) atoms. The first kappa shape index (κ1) is 16.2. The third-order valence-corrected chi connectivity index (χ3v) is 4.80. The van der Waals surface area contributed by atoms with Gasteiger partial charge in [-0.2, -0.15) is 0 Å². The van der Waals surface area contributed by atoms with E-state index in [2.05, 4.69) is 24.3 Å². The molecule has 1 aliphatic carbocycles. The van der Waals surface area contributed by atoms with Gasteiger partial charge >= 0.3 is 6.03 Å². The van der Waals surface area contributed by atoms with Gasteiger partial charge < -0.3 is 15.1 Å². The van der Waals surface area contributed by atoms with Crippen molar-refractivity contribution in [1.29, 1.82) is 0 Å². The van der Waals surface area contributed by atoms with Crippen LogP contribution in [0.25, 0.3) is 0 Å². The minimum absolute atomic E-state index is 0.0102. The number of carbonyl (C=O) groups is 1. The maximum absolute atomic E-state index is 13.1. The highest BCUT2D eigenvalue weighted by atomic mass is 19.1. The van der Waals surface area contributed by atoms with Gasteiger partial charge in [0.25, 0.3) is 0 Å². The Bertz CT molecular complexity index is 542. The average Bonchev–Trinajstić information content (AvgIpc) is 3.24. The normalized spacial score (nSPS) is 22.4. The van der Waals surface area contributed by atoms with Gasteiger partial charge in [-0.1, -0.05) is 12.1 Å². The predicted octanol–water partition coefficient (Wildman–Crippen LogP) is 2.87. The van der Waals surface area contributed by atoms with E-state index in [4.69, 9.17) is 0 Å². The van der Waals surface area contributed by atoms with Crippen molar-refractivity contribution in [3.63, 3.8) is 0 Å². The van der Waals surface area contributed by atoms with Crippen LogP contribution in [0.1, 0.15) is 30.9 Å². The fourth-order valence-corrected chi connectivity index (χ4v) is 3.48. The van der Waals surface area contributed by atoms with Gasteiger partial charge in [0.1, 0.15) is 5.82 Å². The molecule has 126 valence electrons. The largest absolute Gasteiger partial charge is 0.331 e. The highest BCUT2D eigenvalue weighted by Gasteiger charge is 2.35. The highest BCUT2D eigenvalue weighted by molar-refractivity contribution is 5.75. The number of rotatable bonds is 5. The summed E-state index contributed by atoms with van der Waals surface area (Å²) < 4.78 is 13.1. The molecule has 1 heterocycles. The third kappa shape index (κ3) is 4.22. The van der Waals surface area contributed by atoms with Gasteiger partial charge in [0, 0.05) is 19.6 Å². The number of amides is 2. The smallest absolute Gasteiger partial charge is 0.317 e. The second-order valence-corrected chi connectivity index (χ2v) is 7.18. The van der Waals surface area contributed by atoms with Crippen molar-refractivity contribution in [2.75, 3.05) is 33.7 Å². The number of carbonyl (C=O) groups excluding carboxylic acids is 1. The molecule has 1 aliphatic heterocycles. The molecule has 0 unspecified atom stereocenters. The summed E-state index contributed by atoms with van der Waals surface area (Å²) >= 11 is 0. The molecule has 3 rings (SSSR count). The molecule has 5 heteroatoms. The molecule has 0 aromatic heterocycles. The summed E-state index contributed by atoms with van der Waals surface area (Å²) in [6.07, 6.45) is 3.33. The fraction of sp³-hybridized carbons (Fsp3) is 0.611. The Morgan fingerprint density at radius 1 is 1.30 bits per heavy atom. The SMILES string of the molecule is CN(C)C[C@H]1CCN(C(=O)N[C@H](c2ccc(F)cc2)C2CC2)C1. The molecule has 1 aromatic carbocycles. The Morgan fingerprint density at radius 3 is 2.61 bits per heavy atom. The number of urea groups is 1. The zero-order valence-corrected chi connectivity index (χ0v) is 14.0. The maximum Gasteiger partial charge on any atom is 0.317 e. The Morgan fingerprint density at radius 2 is 2.00 bits per heavy atom. The van der Waals surface area contributed by atoms with E-state index >= 15 is 0 Å². The lowest BCUT2D eigenvalue weighted by atomic mass is 10.0. The van der Waals surface area contributed by atoms with Gasteiger partial charge in [-0.15, -0.1) is 0 Å². The van der Waals surface area contributed by atoms with E-state index in [-0.39, 0.29) is 17.9 Å². The molecule has 2 atom stereocenters. The zero-order valence-electron chi connectivity index (χ0n) is 14.0. The second kappa shape index (κ2) is 6.87. The summed E-state index contributed by atoms with van der Waals surface area (Å²) in [5.74, 6) is 0.811. The van der Waals surface area contributed by atoms with Crippen LogP contribution in [0.3, 0.4) is 0 Å². The van der Waals surface area contributed by atoms with E-state index in [1.54, 1.807) is 12.1 Å². The van der Waals surface area contributed by atoms with E-state index in [0.29, 0.717) is 11.8 Å². The molecular weight excluding hydrogens is 293 g/mol. The second-order valence-electron chi connectivity index (χ2n) is 7.18. The molecule has 0 spiro atoms. The van der Waals surface area contributed by atoms with Crippen molar-refractivity contribution in [3.8, 4) is 0 Å². The molecule has 1 saturated carbocycles. The van der Waals surface area contributed by atoms with E-state index in [9.17, 15) is 9.18 Å². The van der Waals surface area contributed by atoms with Gasteiger partial charge in [0.2, 0.25) is 0 Å². The van der Waals surface area contributed by atoms with Crippen LogP contribution in [0.4, 0.5) is 9.18 Å². The Kier molecular flexibility index (Phi) is 4.85. The number of nitrogens with zero attached hydrogens (tertiary/aromatic N) is 2. The van der Waals surface area contributed by atoms with Gasteiger partial charge in [-0.25, -0.2) is 9.18 Å². The first-order chi connectivity index (χ1) is 11.0. The molecule has 0 bridgehead atoms. The van der Waals surface area contributed by atoms with E-state index in [0.717, 1.165) is 44.5 Å². The van der Waals surface area contributed by atoms with Crippen LogP contribution in [0.2, 0.25) is 0 Å². The van der Waals surface area contributed by atoms with Crippen molar-refractivity contribution in [2.24, 2.45) is 11.8 Å². The maximum atomic E-state index is 13.1. The number of hydrogen-bond donors (Lipinski definition) is 1. The number of nitrogens with one attached hydrogen (secondary N) is 1. The average molecular weight is 319 g/mol. The minimum Gasteiger partial charge on any atom is -0.331 e. The lowest BCUT2D eigenvalue weighted by molar-refractivity contribution is 0.199. The van der Waals surface area contributed by atoms with E-state index < -0.39 is 0 Å². The van der Waals surface area contributed by atoms with Crippen LogP contribution in [-0.4, -0.2) is 49.6 Å². The number of halogens is 1. The summed E-state index contributed by atoms with van der Waals surface area (Å²) in [7, 11) is 4.14. The summed E-state index contributed by atoms with van der Waals surface area (Å²) in [5, 5.41) is 3.18. The van der Waals surface area contributed by atoms with Crippen LogP contribution in [0, 0.1) is 17.7 Å². The van der Waals surface area contributed by atoms with Crippen molar-refractivity contribution in [1.82, 2.24) is 15.1 Å². The van der Waals surface area contributed by atoms with Gasteiger partial charge in [0.05, 0.1) is 6.04 Å². The number of benzene rings is 1. The van der Waals surface area contributed by atoms with Crippen molar-refractivity contribution in [2.45, 2.75) is 25.3 Å². The Hall–Kier alpha value is -1.62. The molecule has 2 aliphatic rings. The minimum atomic E-state index is -0.235. The van der Waals surface area contributed by atoms with Gasteiger partial charge in [0.15, 0.2) is 0 Å². The standard InChI is InChI=1S/C18H26FN3O/c1-21(2)11-13-9-10-22(12-13)18(23)20-17(14-3-4-14)15-5-7-16(19)8-6-15/h5-8,13-14,17H,3-4,9-12H2,1-2H3,(H,20,23)/t13-,17+/m1/s1. The van der Waals surface area contributed by atoms with Gasteiger partial charge in [-0.05, 0) is 62.9 Å². The molecule has 4 nitrogen and oxygen atoms in total. The lowest BCUT2D eigenvalue weighted by Crippen LogP contribution is -2.41. The summed E-state index contributed by atoms with van der Waals surface area (Å²) in [5.41, 5.74) is 1.01. The molecule has 2 fully saturated rings. The quantitative estimate of drug-likeness (QED) is 0.906. The van der Waals surface area contributed by atoms with Crippen molar-refractivity contribution in [3.05, 3.63) is 35.6 Å². The van der Waals surface area contributed by atoms with Crippen LogP contribution in [0.15, 0.2) is 24.3 Å². The third-order valence-electron chi connectivity index (χ3n) is 4.80. The number of hydrogen-bond acceptors (Lipinski definition) is 2. The summed E-state index contributed by atoms with van der Waals surface area (Å²) in [4.78, 5) is 16.7.